The van der Waals surface area contributed by atoms with E-state index >= 15 is 0 Å². The molecular weight excluding hydrogens is 342 g/mol. The Kier molecular flexibility index (Phi) is 3.33. The summed E-state index contributed by atoms with van der Waals surface area (Å²) in [6, 6.07) is 6.32. The third-order valence-electron chi connectivity index (χ3n) is 4.85. The standard InChI is InChI=1S/C17H18BrN3O/c1-10-2-5-12(6-3-10)21-16-13-8-11(18)4-7-14(13)19-9-15(16)20-17(21)22/h4,7-10,12H,2-3,5-6H2,1H3,(H,20,22). The molecule has 22 heavy (non-hydrogen) atoms. The Balaban J connectivity index is 1.99. The van der Waals surface area contributed by atoms with Crippen LogP contribution in [0.5, 0.6) is 0 Å². The highest BCUT2D eigenvalue weighted by Crippen LogP contribution is 2.34. The lowest BCUT2D eigenvalue weighted by Crippen LogP contribution is -2.25. The lowest BCUT2D eigenvalue weighted by molar-refractivity contribution is 0.290. The molecule has 5 heteroatoms. The van der Waals surface area contributed by atoms with Gasteiger partial charge in [-0.1, -0.05) is 22.9 Å². The highest BCUT2D eigenvalue weighted by atomic mass is 79.9. The number of nitrogens with zero attached hydrogens (tertiary/aromatic N) is 2. The van der Waals surface area contributed by atoms with Crippen molar-refractivity contribution in [3.63, 3.8) is 0 Å². The Morgan fingerprint density at radius 3 is 2.82 bits per heavy atom. The molecule has 2 aromatic heterocycles. The first-order chi connectivity index (χ1) is 10.6. The van der Waals surface area contributed by atoms with Crippen LogP contribution < -0.4 is 5.69 Å². The Morgan fingerprint density at radius 2 is 2.05 bits per heavy atom. The lowest BCUT2D eigenvalue weighted by atomic mass is 9.87. The summed E-state index contributed by atoms with van der Waals surface area (Å²) in [5.74, 6) is 0.768. The average Bonchev–Trinajstić information content (AvgIpc) is 2.84. The van der Waals surface area contributed by atoms with Crippen molar-refractivity contribution in [3.8, 4) is 0 Å². The van der Waals surface area contributed by atoms with E-state index < -0.39 is 0 Å². The van der Waals surface area contributed by atoms with Crippen LogP contribution in [0.1, 0.15) is 38.6 Å². The lowest BCUT2D eigenvalue weighted by Gasteiger charge is -2.27. The van der Waals surface area contributed by atoms with E-state index in [0.29, 0.717) is 6.04 Å². The van der Waals surface area contributed by atoms with E-state index in [4.69, 9.17) is 0 Å². The highest BCUT2D eigenvalue weighted by Gasteiger charge is 2.24. The van der Waals surface area contributed by atoms with Crippen LogP contribution >= 0.6 is 15.9 Å². The van der Waals surface area contributed by atoms with Gasteiger partial charge in [0.25, 0.3) is 0 Å². The van der Waals surface area contributed by atoms with Gasteiger partial charge in [0, 0.05) is 15.9 Å². The first-order valence-electron chi connectivity index (χ1n) is 7.82. The van der Waals surface area contributed by atoms with Crippen LogP contribution in [0.3, 0.4) is 0 Å². The molecular formula is C17H18BrN3O. The van der Waals surface area contributed by atoms with Crippen molar-refractivity contribution in [2.75, 3.05) is 0 Å². The maximum absolute atomic E-state index is 12.5. The molecule has 0 radical (unpaired) electrons. The summed E-state index contributed by atoms with van der Waals surface area (Å²) in [5.41, 5.74) is 2.74. The summed E-state index contributed by atoms with van der Waals surface area (Å²) < 4.78 is 2.98. The van der Waals surface area contributed by atoms with Gasteiger partial charge in [-0.3, -0.25) is 9.55 Å². The van der Waals surface area contributed by atoms with Crippen molar-refractivity contribution in [2.45, 2.75) is 38.6 Å². The molecule has 0 bridgehead atoms. The van der Waals surface area contributed by atoms with Gasteiger partial charge in [0.1, 0.15) is 0 Å². The molecule has 0 amide bonds. The summed E-state index contributed by atoms with van der Waals surface area (Å²) >= 11 is 3.53. The predicted molar refractivity (Wildman–Crippen MR) is 92.2 cm³/mol. The molecule has 1 saturated carbocycles. The normalized spacial score (nSPS) is 22.5. The number of benzene rings is 1. The maximum Gasteiger partial charge on any atom is 0.326 e. The number of hydrogen-bond donors (Lipinski definition) is 1. The molecule has 1 N–H and O–H groups in total. The number of imidazole rings is 1. The average molecular weight is 360 g/mol. The molecule has 1 aliphatic carbocycles. The van der Waals surface area contributed by atoms with Gasteiger partial charge in [0.15, 0.2) is 0 Å². The Hall–Kier alpha value is -1.62. The smallest absolute Gasteiger partial charge is 0.304 e. The van der Waals surface area contributed by atoms with Gasteiger partial charge in [-0.25, -0.2) is 4.79 Å². The van der Waals surface area contributed by atoms with Crippen LogP contribution in [0.25, 0.3) is 21.9 Å². The van der Waals surface area contributed by atoms with Gasteiger partial charge >= 0.3 is 5.69 Å². The van der Waals surface area contributed by atoms with E-state index in [-0.39, 0.29) is 5.69 Å². The zero-order chi connectivity index (χ0) is 15.3. The molecule has 0 aliphatic heterocycles. The fourth-order valence-electron chi connectivity index (χ4n) is 3.63. The maximum atomic E-state index is 12.5. The van der Waals surface area contributed by atoms with Crippen molar-refractivity contribution in [1.82, 2.24) is 14.5 Å². The minimum atomic E-state index is -0.0103. The van der Waals surface area contributed by atoms with Gasteiger partial charge in [-0.2, -0.15) is 0 Å². The third-order valence-corrected chi connectivity index (χ3v) is 5.35. The van der Waals surface area contributed by atoms with Crippen LogP contribution in [-0.2, 0) is 0 Å². The number of halogens is 1. The second-order valence-electron chi connectivity index (χ2n) is 6.40. The Morgan fingerprint density at radius 1 is 1.27 bits per heavy atom. The van der Waals surface area contributed by atoms with Crippen molar-refractivity contribution >= 4 is 37.9 Å². The molecule has 0 spiro atoms. The SMILES string of the molecule is CC1CCC(n2c(=O)[nH]c3cnc4ccc(Br)cc4c32)CC1. The van der Waals surface area contributed by atoms with Crippen molar-refractivity contribution in [3.05, 3.63) is 39.4 Å². The zero-order valence-corrected chi connectivity index (χ0v) is 14.1. The molecule has 1 aliphatic rings. The Bertz CT molecular complexity index is 903. The van der Waals surface area contributed by atoms with E-state index in [9.17, 15) is 4.79 Å². The number of pyridine rings is 1. The number of aromatic amines is 1. The third kappa shape index (κ3) is 2.19. The number of rotatable bonds is 1. The van der Waals surface area contributed by atoms with Crippen molar-refractivity contribution in [1.29, 1.82) is 0 Å². The van der Waals surface area contributed by atoms with Crippen molar-refractivity contribution < 1.29 is 0 Å². The molecule has 0 saturated heterocycles. The largest absolute Gasteiger partial charge is 0.326 e. The number of nitrogens with one attached hydrogen (secondary N) is 1. The summed E-state index contributed by atoms with van der Waals surface area (Å²) in [4.78, 5) is 20.0. The van der Waals surface area contributed by atoms with Crippen LogP contribution in [0.15, 0.2) is 33.7 Å². The summed E-state index contributed by atoms with van der Waals surface area (Å²) in [5, 5.41) is 1.03. The molecule has 2 heterocycles. The minimum Gasteiger partial charge on any atom is -0.304 e. The minimum absolute atomic E-state index is 0.0103. The van der Waals surface area contributed by atoms with Gasteiger partial charge in [-0.05, 0) is 49.8 Å². The van der Waals surface area contributed by atoms with Crippen LogP contribution in [-0.4, -0.2) is 14.5 Å². The zero-order valence-electron chi connectivity index (χ0n) is 12.5. The molecule has 1 aromatic carbocycles. The molecule has 0 atom stereocenters. The fourth-order valence-corrected chi connectivity index (χ4v) is 3.99. The summed E-state index contributed by atoms with van der Waals surface area (Å²) in [7, 11) is 0. The van der Waals surface area contributed by atoms with Crippen LogP contribution in [0.4, 0.5) is 0 Å². The van der Waals surface area contributed by atoms with Gasteiger partial charge in [0.2, 0.25) is 0 Å². The van der Waals surface area contributed by atoms with E-state index in [1.54, 1.807) is 6.20 Å². The number of H-pyrrole nitrogens is 1. The van der Waals surface area contributed by atoms with Gasteiger partial charge < -0.3 is 4.98 Å². The second kappa shape index (κ2) is 5.23. The number of aromatic nitrogens is 3. The number of hydrogen-bond acceptors (Lipinski definition) is 2. The second-order valence-corrected chi connectivity index (χ2v) is 7.31. The first-order valence-corrected chi connectivity index (χ1v) is 8.61. The molecule has 0 unspecified atom stereocenters. The van der Waals surface area contributed by atoms with E-state index in [1.807, 2.05) is 16.7 Å². The topological polar surface area (TPSA) is 50.7 Å². The quantitative estimate of drug-likeness (QED) is 0.700. The van der Waals surface area contributed by atoms with Gasteiger partial charge in [-0.15, -0.1) is 0 Å². The van der Waals surface area contributed by atoms with E-state index in [2.05, 4.69) is 38.9 Å². The Labute approximate surface area is 136 Å². The summed E-state index contributed by atoms with van der Waals surface area (Å²) in [6.07, 6.45) is 6.31. The highest BCUT2D eigenvalue weighted by molar-refractivity contribution is 9.10. The number of fused-ring (bicyclic) bond motifs is 3. The first kappa shape index (κ1) is 14.0. The molecule has 4 rings (SSSR count). The van der Waals surface area contributed by atoms with E-state index in [0.717, 1.165) is 45.2 Å². The van der Waals surface area contributed by atoms with Crippen LogP contribution in [0, 0.1) is 5.92 Å². The molecule has 1 fully saturated rings. The molecule has 114 valence electrons. The fraction of sp³-hybridized carbons (Fsp3) is 0.412. The van der Waals surface area contributed by atoms with Gasteiger partial charge in [0.05, 0.1) is 22.7 Å². The van der Waals surface area contributed by atoms with Crippen LogP contribution in [0.2, 0.25) is 0 Å². The monoisotopic (exact) mass is 359 g/mol. The predicted octanol–water partition coefficient (Wildman–Crippen LogP) is 4.39. The van der Waals surface area contributed by atoms with E-state index in [1.165, 1.54) is 12.8 Å². The molecule has 4 nitrogen and oxygen atoms in total. The summed E-state index contributed by atoms with van der Waals surface area (Å²) in [6.45, 7) is 2.30. The molecule has 3 aromatic rings. The van der Waals surface area contributed by atoms with Crippen molar-refractivity contribution in [2.24, 2.45) is 5.92 Å².